The summed E-state index contributed by atoms with van der Waals surface area (Å²) in [6.07, 6.45) is -4.91. The summed E-state index contributed by atoms with van der Waals surface area (Å²) in [5, 5.41) is 8.85. The highest BCUT2D eigenvalue weighted by molar-refractivity contribution is 5.94. The molecule has 0 radical (unpaired) electrons. The molecule has 1 N–H and O–H groups in total. The number of hydrogen-bond donors (Lipinski definition) is 1. The van der Waals surface area contributed by atoms with Crippen molar-refractivity contribution in [2.45, 2.75) is 19.1 Å². The lowest BCUT2D eigenvalue weighted by Gasteiger charge is -2.24. The van der Waals surface area contributed by atoms with Crippen LogP contribution in [-0.4, -0.2) is 28.4 Å². The van der Waals surface area contributed by atoms with Crippen molar-refractivity contribution in [3.63, 3.8) is 0 Å². The predicted octanol–water partition coefficient (Wildman–Crippen LogP) is 3.82. The zero-order valence-electron chi connectivity index (χ0n) is 13.2. The summed E-state index contributed by atoms with van der Waals surface area (Å²) in [5.41, 5.74) is -0.627. The molecule has 132 valence electrons. The summed E-state index contributed by atoms with van der Waals surface area (Å²) in [7, 11) is 0. The van der Waals surface area contributed by atoms with Crippen LogP contribution in [0.2, 0.25) is 0 Å². The molecule has 0 atom stereocenters. The Morgan fingerprint density at radius 2 is 1.56 bits per heavy atom. The third-order valence-electron chi connectivity index (χ3n) is 3.59. The minimum absolute atomic E-state index is 0.0790. The van der Waals surface area contributed by atoms with E-state index in [1.165, 1.54) is 30.3 Å². The lowest BCUT2D eigenvalue weighted by atomic mass is 10.1. The fourth-order valence-electron chi connectivity index (χ4n) is 2.39. The van der Waals surface area contributed by atoms with Gasteiger partial charge in [-0.2, -0.15) is 13.2 Å². The van der Waals surface area contributed by atoms with Crippen LogP contribution in [0.25, 0.3) is 0 Å². The maximum atomic E-state index is 13.1. The van der Waals surface area contributed by atoms with E-state index >= 15 is 0 Å². The molecule has 0 heterocycles. The molecule has 0 aromatic heterocycles. The fraction of sp³-hybridized carbons (Fsp3) is 0.222. The van der Waals surface area contributed by atoms with Crippen LogP contribution < -0.4 is 0 Å². The van der Waals surface area contributed by atoms with Crippen molar-refractivity contribution < 1.29 is 27.9 Å². The number of carboxylic acid groups (broad SMARTS) is 1. The third-order valence-corrected chi connectivity index (χ3v) is 3.59. The molecular weight excluding hydrogens is 335 g/mol. The summed E-state index contributed by atoms with van der Waals surface area (Å²) < 4.78 is 39.4. The van der Waals surface area contributed by atoms with E-state index in [2.05, 4.69) is 0 Å². The molecule has 0 aliphatic rings. The highest BCUT2D eigenvalue weighted by Crippen LogP contribution is 2.32. The summed E-state index contributed by atoms with van der Waals surface area (Å²) in [4.78, 5) is 24.5. The van der Waals surface area contributed by atoms with Crippen molar-refractivity contribution in [1.29, 1.82) is 0 Å². The lowest BCUT2D eigenvalue weighted by molar-refractivity contribution is -0.139. The van der Waals surface area contributed by atoms with Crippen molar-refractivity contribution in [1.82, 2.24) is 4.90 Å². The Kier molecular flexibility index (Phi) is 5.80. The number of carbonyl (C=O) groups excluding carboxylic acids is 1. The van der Waals surface area contributed by atoms with Crippen molar-refractivity contribution in [3.8, 4) is 0 Å². The second-order valence-electron chi connectivity index (χ2n) is 5.39. The van der Waals surface area contributed by atoms with Crippen LogP contribution in [0.4, 0.5) is 13.2 Å². The molecule has 0 aliphatic carbocycles. The Labute approximate surface area is 142 Å². The van der Waals surface area contributed by atoms with Crippen LogP contribution >= 0.6 is 0 Å². The number of amides is 1. The predicted molar refractivity (Wildman–Crippen MR) is 84.9 cm³/mol. The lowest BCUT2D eigenvalue weighted by Crippen LogP contribution is -2.33. The molecule has 7 heteroatoms. The number of carboxylic acids is 1. The van der Waals surface area contributed by atoms with Gasteiger partial charge in [0, 0.05) is 18.7 Å². The van der Waals surface area contributed by atoms with Gasteiger partial charge in [-0.15, -0.1) is 0 Å². The molecule has 2 aromatic rings. The van der Waals surface area contributed by atoms with Gasteiger partial charge in [0.15, 0.2) is 0 Å². The van der Waals surface area contributed by atoms with Gasteiger partial charge in [0.25, 0.3) is 5.91 Å². The van der Waals surface area contributed by atoms with Crippen LogP contribution in [-0.2, 0) is 17.5 Å². The van der Waals surface area contributed by atoms with Gasteiger partial charge in [-0.25, -0.2) is 0 Å². The Balaban J connectivity index is 2.31. The minimum Gasteiger partial charge on any atom is -0.481 e. The van der Waals surface area contributed by atoms with E-state index in [1.807, 2.05) is 0 Å². The van der Waals surface area contributed by atoms with Gasteiger partial charge in [-0.05, 0) is 23.8 Å². The van der Waals surface area contributed by atoms with Gasteiger partial charge in [0.2, 0.25) is 0 Å². The van der Waals surface area contributed by atoms with Crippen LogP contribution in [0.5, 0.6) is 0 Å². The van der Waals surface area contributed by atoms with Gasteiger partial charge >= 0.3 is 12.1 Å². The number of hydrogen-bond acceptors (Lipinski definition) is 2. The van der Waals surface area contributed by atoms with Crippen molar-refractivity contribution in [3.05, 3.63) is 71.3 Å². The third kappa shape index (κ3) is 5.07. The van der Waals surface area contributed by atoms with Crippen LogP contribution in [0.3, 0.4) is 0 Å². The Hall–Kier alpha value is -2.83. The van der Waals surface area contributed by atoms with E-state index in [0.29, 0.717) is 0 Å². The summed E-state index contributed by atoms with van der Waals surface area (Å²) in [6.45, 7) is -0.508. The largest absolute Gasteiger partial charge is 0.481 e. The first-order chi connectivity index (χ1) is 11.8. The molecule has 0 saturated carbocycles. The summed E-state index contributed by atoms with van der Waals surface area (Å²) in [6, 6.07) is 13.0. The number of aliphatic carboxylic acids is 1. The summed E-state index contributed by atoms with van der Waals surface area (Å²) >= 11 is 0. The Bertz CT molecular complexity index is 745. The van der Waals surface area contributed by atoms with E-state index < -0.39 is 23.6 Å². The number of carbonyl (C=O) groups is 2. The van der Waals surface area contributed by atoms with Crippen LogP contribution in [0.15, 0.2) is 54.6 Å². The Morgan fingerprint density at radius 1 is 0.960 bits per heavy atom. The maximum absolute atomic E-state index is 13.1. The molecule has 2 aromatic carbocycles. The van der Waals surface area contributed by atoms with Crippen molar-refractivity contribution in [2.75, 3.05) is 6.54 Å². The number of benzene rings is 2. The highest BCUT2D eigenvalue weighted by atomic mass is 19.4. The van der Waals surface area contributed by atoms with Crippen molar-refractivity contribution in [2.24, 2.45) is 0 Å². The molecule has 1 amide bonds. The van der Waals surface area contributed by atoms with Gasteiger partial charge in [-0.3, -0.25) is 9.59 Å². The number of alkyl halides is 3. The van der Waals surface area contributed by atoms with E-state index in [0.717, 1.165) is 11.0 Å². The van der Waals surface area contributed by atoms with Gasteiger partial charge in [-0.1, -0.05) is 36.4 Å². The van der Waals surface area contributed by atoms with Crippen LogP contribution in [0, 0.1) is 0 Å². The number of nitrogens with zero attached hydrogens (tertiary/aromatic N) is 1. The molecule has 0 bridgehead atoms. The molecule has 4 nitrogen and oxygen atoms in total. The molecule has 0 aliphatic heterocycles. The van der Waals surface area contributed by atoms with Gasteiger partial charge < -0.3 is 10.0 Å². The molecule has 0 saturated heterocycles. The van der Waals surface area contributed by atoms with Crippen molar-refractivity contribution >= 4 is 11.9 Å². The summed E-state index contributed by atoms with van der Waals surface area (Å²) in [5.74, 6) is -1.64. The van der Waals surface area contributed by atoms with Gasteiger partial charge in [0.05, 0.1) is 12.0 Å². The highest BCUT2D eigenvalue weighted by Gasteiger charge is 2.33. The molecule has 0 spiro atoms. The zero-order chi connectivity index (χ0) is 18.4. The van der Waals surface area contributed by atoms with E-state index in [1.54, 1.807) is 18.2 Å². The molecule has 0 unspecified atom stereocenters. The first kappa shape index (κ1) is 18.5. The first-order valence-electron chi connectivity index (χ1n) is 7.50. The smallest absolute Gasteiger partial charge is 0.416 e. The number of halogens is 3. The monoisotopic (exact) mass is 351 g/mol. The van der Waals surface area contributed by atoms with E-state index in [-0.39, 0.29) is 30.6 Å². The zero-order valence-corrected chi connectivity index (χ0v) is 13.2. The number of rotatable bonds is 6. The standard InChI is InChI=1S/C18H16F3NO3/c19-18(20,21)15-9-5-4-8-14(15)12-22(11-10-16(23)24)17(25)13-6-2-1-3-7-13/h1-9H,10-12H2,(H,23,24). The quantitative estimate of drug-likeness (QED) is 0.861. The molecule has 0 fully saturated rings. The molecule has 25 heavy (non-hydrogen) atoms. The Morgan fingerprint density at radius 3 is 2.16 bits per heavy atom. The van der Waals surface area contributed by atoms with Crippen LogP contribution in [0.1, 0.15) is 27.9 Å². The second-order valence-corrected chi connectivity index (χ2v) is 5.39. The fourth-order valence-corrected chi connectivity index (χ4v) is 2.39. The first-order valence-corrected chi connectivity index (χ1v) is 7.50. The second kappa shape index (κ2) is 7.83. The molecular formula is C18H16F3NO3. The topological polar surface area (TPSA) is 57.6 Å². The minimum atomic E-state index is -4.55. The normalized spacial score (nSPS) is 11.2. The average molecular weight is 351 g/mol. The van der Waals surface area contributed by atoms with E-state index in [4.69, 9.17) is 5.11 Å². The SMILES string of the molecule is O=C(O)CCN(Cc1ccccc1C(F)(F)F)C(=O)c1ccccc1. The van der Waals surface area contributed by atoms with Gasteiger partial charge in [0.1, 0.15) is 0 Å². The van der Waals surface area contributed by atoms with E-state index in [9.17, 15) is 22.8 Å². The molecule has 2 rings (SSSR count). The average Bonchev–Trinajstić information content (AvgIpc) is 2.58. The maximum Gasteiger partial charge on any atom is 0.416 e.